The van der Waals surface area contributed by atoms with Gasteiger partial charge in [0.15, 0.2) is 0 Å². The molecule has 1 rings (SSSR count). The summed E-state index contributed by atoms with van der Waals surface area (Å²) in [4.78, 5) is 0. The zero-order valence-electron chi connectivity index (χ0n) is 4.83. The van der Waals surface area contributed by atoms with Crippen LogP contribution in [0.1, 0.15) is 0 Å². The number of phenolic OH excluding ortho intramolecular Hbond substituents is 1. The normalized spacial score (nSPS) is 6.67. The average Bonchev–Trinajstić information content (AvgIpc) is 1.69. The molecule has 1 aromatic rings. The quantitative estimate of drug-likeness (QED) is 0.731. The number of hydrogen-bond acceptors (Lipinski definition) is 1. The predicted octanol–water partition coefficient (Wildman–Crippen LogP) is 0.567. The van der Waals surface area contributed by atoms with E-state index < -0.39 is 0 Å². The monoisotopic (exact) mass is 350 g/mol. The Balaban J connectivity index is 0. The summed E-state index contributed by atoms with van der Waals surface area (Å²) in [7, 11) is 0. The first-order valence-electron chi connectivity index (χ1n) is 2.13. The summed E-state index contributed by atoms with van der Waals surface area (Å²) in [5, 5.41) is 8.63. The second kappa shape index (κ2) is 6.16. The van der Waals surface area contributed by atoms with Crippen LogP contribution in [-0.2, 0) is 0 Å². The minimum Gasteiger partial charge on any atom is -0.508 e. The van der Waals surface area contributed by atoms with Crippen molar-refractivity contribution in [3.63, 3.8) is 0 Å². The molecule has 0 unspecified atom stereocenters. The molecular weight excluding hydrogens is 342 g/mol. The fourth-order valence-corrected chi connectivity index (χ4v) is 0.428. The molecule has 0 saturated carbocycles. The van der Waals surface area contributed by atoms with Crippen LogP contribution in [0.5, 0.6) is 5.75 Å². The van der Waals surface area contributed by atoms with Gasteiger partial charge in [0, 0.05) is 31.1 Å². The standard InChI is InChI=1S/C6H6O.H2O.U/c7-6-4-2-1-3-5-6;;/h1-5,7H;1H2;. The average molecular weight is 350 g/mol. The van der Waals surface area contributed by atoms with Crippen LogP contribution in [-0.4, -0.2) is 10.6 Å². The third-order valence-electron chi connectivity index (χ3n) is 0.756. The second-order valence-electron chi connectivity index (χ2n) is 1.34. The Bertz CT molecular complexity index is 141. The van der Waals surface area contributed by atoms with Crippen LogP contribution in [0.25, 0.3) is 0 Å². The summed E-state index contributed by atoms with van der Waals surface area (Å²) >= 11 is 0. The van der Waals surface area contributed by atoms with Gasteiger partial charge in [-0.1, -0.05) is 18.2 Å². The molecule has 0 aromatic heterocycles. The van der Waals surface area contributed by atoms with E-state index in [9.17, 15) is 0 Å². The van der Waals surface area contributed by atoms with Crippen molar-refractivity contribution >= 4 is 0 Å². The number of benzene rings is 1. The number of para-hydroxylation sites is 1. The van der Waals surface area contributed by atoms with Crippen molar-refractivity contribution in [2.75, 3.05) is 0 Å². The van der Waals surface area contributed by atoms with E-state index in [1.165, 1.54) is 0 Å². The van der Waals surface area contributed by atoms with Gasteiger partial charge in [-0.15, -0.1) is 0 Å². The van der Waals surface area contributed by atoms with Crippen LogP contribution in [0.15, 0.2) is 30.3 Å². The molecule has 2 nitrogen and oxygen atoms in total. The molecule has 48 valence electrons. The molecule has 0 aliphatic rings. The van der Waals surface area contributed by atoms with Crippen LogP contribution in [0.4, 0.5) is 0 Å². The van der Waals surface area contributed by atoms with Gasteiger partial charge in [0.2, 0.25) is 0 Å². The second-order valence-corrected chi connectivity index (χ2v) is 1.34. The van der Waals surface area contributed by atoms with Crippen molar-refractivity contribution in [3.05, 3.63) is 30.3 Å². The zero-order valence-corrected chi connectivity index (χ0v) is 9.00. The molecule has 3 N–H and O–H groups in total. The van der Waals surface area contributed by atoms with E-state index in [1.807, 2.05) is 6.07 Å². The number of aromatic hydroxyl groups is 1. The fourth-order valence-electron chi connectivity index (χ4n) is 0.428. The first-order valence-corrected chi connectivity index (χ1v) is 2.13. The summed E-state index contributed by atoms with van der Waals surface area (Å²) < 4.78 is 0. The largest absolute Gasteiger partial charge is 0.508 e. The van der Waals surface area contributed by atoms with Gasteiger partial charge in [-0.3, -0.25) is 0 Å². The maximum Gasteiger partial charge on any atom is 0.115 e. The Morgan fingerprint density at radius 1 is 1.00 bits per heavy atom. The molecule has 0 heterocycles. The summed E-state index contributed by atoms with van der Waals surface area (Å²) in [5.74, 6) is 0.322. The maximum absolute atomic E-state index is 8.63. The van der Waals surface area contributed by atoms with E-state index in [4.69, 9.17) is 5.11 Å². The SMILES string of the molecule is O.Oc1ccccc1.[U]. The molecular formula is C6H8O2U. The van der Waals surface area contributed by atoms with Gasteiger partial charge in [0.05, 0.1) is 0 Å². The molecule has 0 aliphatic heterocycles. The molecule has 0 spiro atoms. The number of hydrogen-bond donors (Lipinski definition) is 1. The van der Waals surface area contributed by atoms with Gasteiger partial charge in [-0.2, -0.15) is 0 Å². The van der Waals surface area contributed by atoms with Gasteiger partial charge < -0.3 is 10.6 Å². The van der Waals surface area contributed by atoms with Crippen LogP contribution >= 0.6 is 0 Å². The molecule has 0 saturated heterocycles. The minimum absolute atomic E-state index is 0. The van der Waals surface area contributed by atoms with E-state index in [-0.39, 0.29) is 36.6 Å². The molecule has 0 fully saturated rings. The molecule has 0 aliphatic carbocycles. The van der Waals surface area contributed by atoms with Gasteiger partial charge in [-0.25, -0.2) is 0 Å². The van der Waals surface area contributed by atoms with Crippen molar-refractivity contribution in [1.29, 1.82) is 0 Å². The van der Waals surface area contributed by atoms with E-state index in [0.29, 0.717) is 5.75 Å². The smallest absolute Gasteiger partial charge is 0.115 e. The number of phenols is 1. The Morgan fingerprint density at radius 3 is 1.67 bits per heavy atom. The fraction of sp³-hybridized carbons (Fsp3) is 0. The maximum atomic E-state index is 8.63. The Morgan fingerprint density at radius 2 is 1.44 bits per heavy atom. The number of rotatable bonds is 0. The van der Waals surface area contributed by atoms with E-state index in [1.54, 1.807) is 24.3 Å². The van der Waals surface area contributed by atoms with E-state index >= 15 is 0 Å². The van der Waals surface area contributed by atoms with Crippen molar-refractivity contribution in [2.24, 2.45) is 0 Å². The molecule has 3 heteroatoms. The molecule has 0 amide bonds. The summed E-state index contributed by atoms with van der Waals surface area (Å²) in [6, 6.07) is 8.71. The van der Waals surface area contributed by atoms with Crippen molar-refractivity contribution in [2.45, 2.75) is 0 Å². The Labute approximate surface area is 77.6 Å². The Hall–Kier alpha value is 0.0319. The first-order chi connectivity index (χ1) is 3.39. The predicted molar refractivity (Wildman–Crippen MR) is 31.7 cm³/mol. The van der Waals surface area contributed by atoms with Gasteiger partial charge in [-0.05, 0) is 12.1 Å². The molecule has 9 heavy (non-hydrogen) atoms. The van der Waals surface area contributed by atoms with Crippen LogP contribution < -0.4 is 0 Å². The molecule has 0 radical (unpaired) electrons. The first kappa shape index (κ1) is 11.8. The zero-order chi connectivity index (χ0) is 5.11. The molecule has 0 atom stereocenters. The third-order valence-corrected chi connectivity index (χ3v) is 0.756. The van der Waals surface area contributed by atoms with Crippen molar-refractivity contribution < 1.29 is 41.7 Å². The van der Waals surface area contributed by atoms with Gasteiger partial charge in [0.1, 0.15) is 5.75 Å². The van der Waals surface area contributed by atoms with E-state index in [2.05, 4.69) is 0 Å². The molecule has 1 aromatic carbocycles. The van der Waals surface area contributed by atoms with Crippen molar-refractivity contribution in [3.8, 4) is 5.75 Å². The van der Waals surface area contributed by atoms with Gasteiger partial charge >= 0.3 is 0 Å². The third kappa shape index (κ3) is 4.53. The van der Waals surface area contributed by atoms with Crippen molar-refractivity contribution in [1.82, 2.24) is 0 Å². The molecule has 0 bridgehead atoms. The van der Waals surface area contributed by atoms with Gasteiger partial charge in [0.25, 0.3) is 0 Å². The van der Waals surface area contributed by atoms with E-state index in [0.717, 1.165) is 0 Å². The summed E-state index contributed by atoms with van der Waals surface area (Å²) in [6.45, 7) is 0. The Kier molecular flexibility index (Phi) is 8.06. The summed E-state index contributed by atoms with van der Waals surface area (Å²) in [6.07, 6.45) is 0. The minimum atomic E-state index is 0. The summed E-state index contributed by atoms with van der Waals surface area (Å²) in [5.41, 5.74) is 0. The van der Waals surface area contributed by atoms with Crippen LogP contribution in [0.2, 0.25) is 0 Å². The van der Waals surface area contributed by atoms with Crippen LogP contribution in [0, 0.1) is 31.1 Å². The topological polar surface area (TPSA) is 51.7 Å². The van der Waals surface area contributed by atoms with Crippen LogP contribution in [0.3, 0.4) is 0 Å².